The van der Waals surface area contributed by atoms with Crippen LogP contribution in [0.15, 0.2) is 22.7 Å². The Labute approximate surface area is 118 Å². The molecule has 1 aromatic carbocycles. The molecular formula is C11H12Br2O3S. The van der Waals surface area contributed by atoms with Gasteiger partial charge in [-0.3, -0.25) is 0 Å². The second kappa shape index (κ2) is 5.28. The standard InChI is InChI=1S/C11H12Br2O3S/c12-6-8-1-2-11(10(13)5-8)16-9-3-4-17(14,15)7-9/h1-2,5,9H,3-4,6-7H2. The van der Waals surface area contributed by atoms with Crippen LogP contribution in [-0.2, 0) is 15.2 Å². The van der Waals surface area contributed by atoms with Crippen LogP contribution in [0, 0.1) is 0 Å². The molecule has 0 bridgehead atoms. The predicted octanol–water partition coefficient (Wildman–Crippen LogP) is 2.91. The van der Waals surface area contributed by atoms with Crippen LogP contribution in [0.4, 0.5) is 0 Å². The SMILES string of the molecule is O=S1(=O)CCC(Oc2ccc(CBr)cc2Br)C1. The number of alkyl halides is 1. The number of rotatable bonds is 3. The summed E-state index contributed by atoms with van der Waals surface area (Å²) in [7, 11) is -2.89. The van der Waals surface area contributed by atoms with Crippen molar-refractivity contribution < 1.29 is 13.2 Å². The van der Waals surface area contributed by atoms with Crippen molar-refractivity contribution >= 4 is 41.7 Å². The monoisotopic (exact) mass is 382 g/mol. The zero-order valence-corrected chi connectivity index (χ0v) is 13.0. The van der Waals surface area contributed by atoms with E-state index < -0.39 is 9.84 Å². The van der Waals surface area contributed by atoms with Crippen LogP contribution in [0.3, 0.4) is 0 Å². The van der Waals surface area contributed by atoms with Crippen LogP contribution in [0.2, 0.25) is 0 Å². The molecule has 0 amide bonds. The molecule has 3 nitrogen and oxygen atoms in total. The minimum absolute atomic E-state index is 0.125. The molecule has 1 aromatic rings. The van der Waals surface area contributed by atoms with E-state index in [2.05, 4.69) is 31.9 Å². The van der Waals surface area contributed by atoms with E-state index >= 15 is 0 Å². The zero-order chi connectivity index (χ0) is 12.5. The number of hydrogen-bond acceptors (Lipinski definition) is 3. The maximum absolute atomic E-state index is 11.3. The van der Waals surface area contributed by atoms with Crippen LogP contribution in [0.25, 0.3) is 0 Å². The summed E-state index contributed by atoms with van der Waals surface area (Å²) in [6.07, 6.45) is 0.362. The smallest absolute Gasteiger partial charge is 0.154 e. The number of ether oxygens (including phenoxy) is 1. The summed E-state index contributed by atoms with van der Waals surface area (Å²) in [4.78, 5) is 0. The van der Waals surface area contributed by atoms with Crippen LogP contribution < -0.4 is 4.74 Å². The molecule has 0 aromatic heterocycles. The Morgan fingerprint density at radius 3 is 2.71 bits per heavy atom. The van der Waals surface area contributed by atoms with Crippen molar-refractivity contribution in [3.63, 3.8) is 0 Å². The van der Waals surface area contributed by atoms with E-state index in [-0.39, 0.29) is 17.6 Å². The van der Waals surface area contributed by atoms with E-state index in [1.165, 1.54) is 0 Å². The molecule has 1 atom stereocenters. The first-order chi connectivity index (χ1) is 8.00. The number of hydrogen-bond donors (Lipinski definition) is 0. The van der Waals surface area contributed by atoms with Gasteiger partial charge in [-0.1, -0.05) is 22.0 Å². The number of halogens is 2. The summed E-state index contributed by atoms with van der Waals surface area (Å²) < 4.78 is 29.2. The largest absolute Gasteiger partial charge is 0.488 e. The van der Waals surface area contributed by atoms with Gasteiger partial charge in [0, 0.05) is 5.33 Å². The lowest BCUT2D eigenvalue weighted by Crippen LogP contribution is -2.17. The van der Waals surface area contributed by atoms with Crippen LogP contribution in [-0.4, -0.2) is 26.0 Å². The molecule has 0 saturated carbocycles. The molecule has 0 N–H and O–H groups in total. The van der Waals surface area contributed by atoms with Crippen molar-refractivity contribution in [1.82, 2.24) is 0 Å². The normalized spacial score (nSPS) is 22.6. The molecule has 1 fully saturated rings. The molecule has 1 aliphatic rings. The fourth-order valence-corrected chi connectivity index (χ4v) is 4.21. The topological polar surface area (TPSA) is 43.4 Å². The Balaban J connectivity index is 2.09. The van der Waals surface area contributed by atoms with Crippen molar-refractivity contribution in [1.29, 1.82) is 0 Å². The zero-order valence-electron chi connectivity index (χ0n) is 9.03. The van der Waals surface area contributed by atoms with Gasteiger partial charge in [0.15, 0.2) is 9.84 Å². The van der Waals surface area contributed by atoms with E-state index in [0.717, 1.165) is 15.4 Å². The summed E-state index contributed by atoms with van der Waals surface area (Å²) in [6, 6.07) is 5.79. The highest BCUT2D eigenvalue weighted by Crippen LogP contribution is 2.29. The molecule has 0 radical (unpaired) electrons. The van der Waals surface area contributed by atoms with Gasteiger partial charge in [0.2, 0.25) is 0 Å². The van der Waals surface area contributed by atoms with E-state index in [1.54, 1.807) is 0 Å². The fourth-order valence-electron chi connectivity index (χ4n) is 1.76. The lowest BCUT2D eigenvalue weighted by Gasteiger charge is -2.13. The fraction of sp³-hybridized carbons (Fsp3) is 0.455. The quantitative estimate of drug-likeness (QED) is 0.753. The molecule has 0 aliphatic carbocycles. The Hall–Kier alpha value is -0.0700. The van der Waals surface area contributed by atoms with Crippen LogP contribution >= 0.6 is 31.9 Å². The van der Waals surface area contributed by atoms with Crippen molar-refractivity contribution in [2.24, 2.45) is 0 Å². The molecule has 2 rings (SSSR count). The van der Waals surface area contributed by atoms with E-state index in [4.69, 9.17) is 4.74 Å². The van der Waals surface area contributed by atoms with Gasteiger partial charge in [0.1, 0.15) is 11.9 Å². The van der Waals surface area contributed by atoms with Gasteiger partial charge in [-0.15, -0.1) is 0 Å². The Morgan fingerprint density at radius 2 is 2.18 bits per heavy atom. The maximum atomic E-state index is 11.3. The van der Waals surface area contributed by atoms with Crippen LogP contribution in [0.1, 0.15) is 12.0 Å². The molecule has 6 heteroatoms. The first-order valence-corrected chi connectivity index (χ1v) is 8.95. The van der Waals surface area contributed by atoms with Crippen LogP contribution in [0.5, 0.6) is 5.75 Å². The summed E-state index contributed by atoms with van der Waals surface area (Å²) in [5, 5.41) is 0.781. The van der Waals surface area contributed by atoms with Crippen molar-refractivity contribution in [3.8, 4) is 5.75 Å². The summed E-state index contributed by atoms with van der Waals surface area (Å²) in [5.74, 6) is 1.06. The average molecular weight is 384 g/mol. The maximum Gasteiger partial charge on any atom is 0.154 e. The minimum atomic E-state index is -2.89. The second-order valence-electron chi connectivity index (χ2n) is 4.04. The van der Waals surface area contributed by atoms with Gasteiger partial charge in [0.25, 0.3) is 0 Å². The van der Waals surface area contributed by atoms with Crippen molar-refractivity contribution in [3.05, 3.63) is 28.2 Å². The molecule has 17 heavy (non-hydrogen) atoms. The Bertz CT molecular complexity index is 513. The highest BCUT2D eigenvalue weighted by atomic mass is 79.9. The third-order valence-electron chi connectivity index (χ3n) is 2.63. The molecular weight excluding hydrogens is 372 g/mol. The third-order valence-corrected chi connectivity index (χ3v) is 5.64. The second-order valence-corrected chi connectivity index (χ2v) is 7.69. The first-order valence-electron chi connectivity index (χ1n) is 5.21. The van der Waals surface area contributed by atoms with E-state index in [9.17, 15) is 8.42 Å². The van der Waals surface area contributed by atoms with Crippen molar-refractivity contribution in [2.45, 2.75) is 17.9 Å². The van der Waals surface area contributed by atoms with E-state index in [0.29, 0.717) is 12.2 Å². The molecule has 1 unspecified atom stereocenters. The first kappa shape index (κ1) is 13.4. The molecule has 1 heterocycles. The molecule has 1 saturated heterocycles. The predicted molar refractivity (Wildman–Crippen MR) is 74.5 cm³/mol. The van der Waals surface area contributed by atoms with E-state index in [1.807, 2.05) is 18.2 Å². The van der Waals surface area contributed by atoms with Gasteiger partial charge in [0.05, 0.1) is 16.0 Å². The lowest BCUT2D eigenvalue weighted by atomic mass is 10.2. The van der Waals surface area contributed by atoms with Gasteiger partial charge in [-0.25, -0.2) is 8.42 Å². The number of sulfone groups is 1. The minimum Gasteiger partial charge on any atom is -0.488 e. The summed E-state index contributed by atoms with van der Waals surface area (Å²) in [5.41, 5.74) is 1.14. The van der Waals surface area contributed by atoms with Gasteiger partial charge in [-0.05, 0) is 40.0 Å². The van der Waals surface area contributed by atoms with Gasteiger partial charge >= 0.3 is 0 Å². The Morgan fingerprint density at radius 1 is 1.41 bits per heavy atom. The molecule has 1 aliphatic heterocycles. The summed E-state index contributed by atoms with van der Waals surface area (Å²) >= 11 is 6.81. The summed E-state index contributed by atoms with van der Waals surface area (Å²) in [6.45, 7) is 0. The number of benzene rings is 1. The van der Waals surface area contributed by atoms with Gasteiger partial charge < -0.3 is 4.74 Å². The lowest BCUT2D eigenvalue weighted by molar-refractivity contribution is 0.227. The average Bonchev–Trinajstić information content (AvgIpc) is 2.61. The van der Waals surface area contributed by atoms with Gasteiger partial charge in [-0.2, -0.15) is 0 Å². The highest BCUT2D eigenvalue weighted by Gasteiger charge is 2.29. The molecule has 0 spiro atoms. The highest BCUT2D eigenvalue weighted by molar-refractivity contribution is 9.10. The third kappa shape index (κ3) is 3.45. The Kier molecular flexibility index (Phi) is 4.15. The molecule has 94 valence electrons. The van der Waals surface area contributed by atoms with Crippen molar-refractivity contribution in [2.75, 3.05) is 11.5 Å².